The monoisotopic (exact) mass is 421 g/mol. The minimum Gasteiger partial charge on any atom is -0.373 e. The van der Waals surface area contributed by atoms with E-state index in [1.807, 2.05) is 36.4 Å². The summed E-state index contributed by atoms with van der Waals surface area (Å²) >= 11 is 6.01. The number of carbonyl (C=O) groups excluding carboxylic acids is 1. The number of hydrogen-bond donors (Lipinski definition) is 0. The van der Waals surface area contributed by atoms with Crippen molar-refractivity contribution >= 4 is 17.4 Å². The molecule has 2 aromatic rings. The molecule has 0 aromatic heterocycles. The van der Waals surface area contributed by atoms with Gasteiger partial charge in [-0.15, -0.1) is 0 Å². The van der Waals surface area contributed by atoms with Crippen molar-refractivity contribution in [1.82, 2.24) is 0 Å². The van der Waals surface area contributed by atoms with Crippen molar-refractivity contribution in [3.05, 3.63) is 72.2 Å². The van der Waals surface area contributed by atoms with E-state index in [2.05, 4.69) is 20.3 Å². The van der Waals surface area contributed by atoms with Crippen LogP contribution in [0.1, 0.15) is 44.6 Å². The second-order valence-corrected chi connectivity index (χ2v) is 8.39. The van der Waals surface area contributed by atoms with Crippen molar-refractivity contribution in [3.8, 4) is 11.1 Å². The molecule has 1 heterocycles. The minimum absolute atomic E-state index is 0. The van der Waals surface area contributed by atoms with Gasteiger partial charge in [-0.2, -0.15) is 12.8 Å². The molecule has 5 heteroatoms. The molecule has 1 unspecified atom stereocenters. The van der Waals surface area contributed by atoms with Crippen LogP contribution in [-0.2, 0) is 16.0 Å². The van der Waals surface area contributed by atoms with E-state index in [-0.39, 0.29) is 36.6 Å². The molecule has 0 spiro atoms. The summed E-state index contributed by atoms with van der Waals surface area (Å²) in [6.07, 6.45) is 8.62. The number of hydrogen-bond acceptors (Lipinski definition) is 2. The van der Waals surface area contributed by atoms with Gasteiger partial charge in [0.05, 0.1) is 12.7 Å². The molecule has 1 atom stereocenters. The van der Waals surface area contributed by atoms with E-state index in [1.165, 1.54) is 19.3 Å². The summed E-state index contributed by atoms with van der Waals surface area (Å²) in [5, 5.41) is 0.632. The molecule has 30 heavy (non-hydrogen) atoms. The molecule has 1 aliphatic heterocycles. The SMILES string of the molecule is CCC1(C[CH-]Cc2cccc(-c3cccc(Cl)c3)c2F)CC1.[CH2-]C(=O)C1CCO1.[Li+]. The summed E-state index contributed by atoms with van der Waals surface area (Å²) in [4.78, 5) is 10.2. The van der Waals surface area contributed by atoms with Crippen LogP contribution in [0.4, 0.5) is 4.39 Å². The molecule has 4 rings (SSSR count). The smallest absolute Gasteiger partial charge is 0.373 e. The molecule has 1 aliphatic carbocycles. The third kappa shape index (κ3) is 6.63. The quantitative estimate of drug-likeness (QED) is 0.504. The maximum atomic E-state index is 14.7. The minimum atomic E-state index is -0.167. The molecule has 156 valence electrons. The van der Waals surface area contributed by atoms with Crippen molar-refractivity contribution in [2.45, 2.75) is 51.6 Å². The fourth-order valence-electron chi connectivity index (χ4n) is 3.52. The maximum absolute atomic E-state index is 14.7. The zero-order valence-electron chi connectivity index (χ0n) is 17.9. The first kappa shape index (κ1) is 25.0. The standard InChI is InChI=1S/C20H21ClF.C5H7O2.Li/c1-2-20(12-13-20)11-5-8-15-6-4-10-18(19(15)22)16-7-3-9-17(21)14-16;1-4(6)5-2-3-7-5;/h3-7,9-10,14H,2,8,11-13H2,1H3;5H,1-3H2;/q2*-1;+1. The van der Waals surface area contributed by atoms with E-state index < -0.39 is 0 Å². The van der Waals surface area contributed by atoms with Gasteiger partial charge in [-0.05, 0) is 36.1 Å². The molecule has 2 nitrogen and oxygen atoms in total. The molecule has 2 aliphatic rings. The van der Waals surface area contributed by atoms with Crippen LogP contribution in [0, 0.1) is 24.6 Å². The molecule has 0 radical (unpaired) electrons. The van der Waals surface area contributed by atoms with E-state index in [0.29, 0.717) is 22.4 Å². The Hall–Kier alpha value is -1.24. The molecular weight excluding hydrogens is 394 g/mol. The zero-order chi connectivity index (χ0) is 20.9. The van der Waals surface area contributed by atoms with E-state index in [0.717, 1.165) is 30.6 Å². The average Bonchev–Trinajstić information content (AvgIpc) is 3.42. The first-order valence-electron chi connectivity index (χ1n) is 10.3. The largest absolute Gasteiger partial charge is 1.00 e. The number of carbonyl (C=O) groups is 1. The van der Waals surface area contributed by atoms with Crippen LogP contribution in [0.5, 0.6) is 0 Å². The van der Waals surface area contributed by atoms with Crippen molar-refractivity contribution in [2.24, 2.45) is 5.41 Å². The Kier molecular flexibility index (Phi) is 9.51. The molecule has 1 saturated carbocycles. The Morgan fingerprint density at radius 2 is 2.00 bits per heavy atom. The van der Waals surface area contributed by atoms with Crippen LogP contribution in [0.15, 0.2) is 42.5 Å². The molecule has 0 bridgehead atoms. The molecule has 2 fully saturated rings. The Labute approximate surface area is 196 Å². The van der Waals surface area contributed by atoms with E-state index in [4.69, 9.17) is 16.3 Å². The summed E-state index contributed by atoms with van der Waals surface area (Å²) in [6, 6.07) is 13.0. The summed E-state index contributed by atoms with van der Waals surface area (Å²) in [5.74, 6) is -0.214. The van der Waals surface area contributed by atoms with Gasteiger partial charge in [-0.3, -0.25) is 0 Å². The summed E-state index contributed by atoms with van der Waals surface area (Å²) < 4.78 is 19.5. The van der Waals surface area contributed by atoms with Gasteiger partial charge in [0.15, 0.2) is 0 Å². The zero-order valence-corrected chi connectivity index (χ0v) is 18.7. The van der Waals surface area contributed by atoms with Gasteiger partial charge < -0.3 is 22.9 Å². The van der Waals surface area contributed by atoms with Crippen molar-refractivity contribution in [1.29, 1.82) is 0 Å². The summed E-state index contributed by atoms with van der Waals surface area (Å²) in [7, 11) is 0. The predicted molar refractivity (Wildman–Crippen MR) is 116 cm³/mol. The van der Waals surface area contributed by atoms with Crippen molar-refractivity contribution in [3.63, 3.8) is 0 Å². The normalized spacial score (nSPS) is 18.3. The first-order valence-corrected chi connectivity index (χ1v) is 10.6. The molecule has 0 N–H and O–H groups in total. The fourth-order valence-corrected chi connectivity index (χ4v) is 3.71. The second kappa shape index (κ2) is 11.4. The van der Waals surface area contributed by atoms with Crippen molar-refractivity contribution in [2.75, 3.05) is 6.61 Å². The molecular formula is C25H28ClFLiO2-. The first-order chi connectivity index (χ1) is 13.9. The van der Waals surface area contributed by atoms with E-state index in [1.54, 1.807) is 6.07 Å². The van der Waals surface area contributed by atoms with E-state index >= 15 is 0 Å². The van der Waals surface area contributed by atoms with Crippen LogP contribution in [0.3, 0.4) is 0 Å². The summed E-state index contributed by atoms with van der Waals surface area (Å²) in [6.45, 7) is 6.18. The van der Waals surface area contributed by atoms with Gasteiger partial charge in [-0.1, -0.05) is 60.7 Å². The van der Waals surface area contributed by atoms with Crippen LogP contribution in [0.25, 0.3) is 11.1 Å². The number of ether oxygens (including phenoxy) is 1. The van der Waals surface area contributed by atoms with Crippen LogP contribution in [0.2, 0.25) is 5.02 Å². The maximum Gasteiger partial charge on any atom is 1.00 e. The fraction of sp³-hybridized carbons (Fsp3) is 0.400. The Morgan fingerprint density at radius 1 is 1.30 bits per heavy atom. The Morgan fingerprint density at radius 3 is 2.50 bits per heavy atom. The Balaban J connectivity index is 0.000000341. The van der Waals surface area contributed by atoms with Gasteiger partial charge in [0.1, 0.15) is 5.82 Å². The average molecular weight is 422 g/mol. The van der Waals surface area contributed by atoms with Crippen LogP contribution < -0.4 is 18.9 Å². The van der Waals surface area contributed by atoms with E-state index in [9.17, 15) is 9.18 Å². The number of benzene rings is 2. The molecule has 1 saturated heterocycles. The van der Waals surface area contributed by atoms with Crippen LogP contribution >= 0.6 is 11.6 Å². The predicted octanol–water partition coefficient (Wildman–Crippen LogP) is 3.66. The number of ketones is 1. The third-order valence-corrected chi connectivity index (χ3v) is 6.16. The Bertz CT molecular complexity index is 847. The van der Waals surface area contributed by atoms with Gasteiger partial charge in [0.2, 0.25) is 0 Å². The number of Topliss-reactive ketones (excluding diaryl/α,β-unsaturated/α-hetero) is 1. The molecule has 2 aromatic carbocycles. The topological polar surface area (TPSA) is 26.3 Å². The summed E-state index contributed by atoms with van der Waals surface area (Å²) in [5.41, 5.74) is 2.76. The van der Waals surface area contributed by atoms with Crippen molar-refractivity contribution < 1.29 is 32.8 Å². The van der Waals surface area contributed by atoms with Gasteiger partial charge in [0.25, 0.3) is 0 Å². The van der Waals surface area contributed by atoms with Gasteiger partial charge in [0, 0.05) is 22.8 Å². The van der Waals surface area contributed by atoms with Gasteiger partial charge >= 0.3 is 18.9 Å². The molecule has 0 amide bonds. The van der Waals surface area contributed by atoms with Gasteiger partial charge in [-0.25, -0.2) is 4.39 Å². The number of halogens is 2. The van der Waals surface area contributed by atoms with Crippen LogP contribution in [-0.4, -0.2) is 18.5 Å². The number of rotatable bonds is 7. The second-order valence-electron chi connectivity index (χ2n) is 7.95. The third-order valence-electron chi connectivity index (χ3n) is 5.92.